The highest BCUT2D eigenvalue weighted by Crippen LogP contribution is 2.29. The summed E-state index contributed by atoms with van der Waals surface area (Å²) in [4.78, 5) is 26.4. The van der Waals surface area contributed by atoms with Crippen LogP contribution in [0.4, 0.5) is 5.69 Å². The molecule has 172 valence electrons. The number of rotatable bonds is 7. The fraction of sp³-hybridized carbons (Fsp3) is 0.391. The first kappa shape index (κ1) is 24.2. The van der Waals surface area contributed by atoms with E-state index in [2.05, 4.69) is 10.0 Å². The summed E-state index contributed by atoms with van der Waals surface area (Å²) in [7, 11) is -3.95. The second-order valence-corrected chi connectivity index (χ2v) is 10.3. The quantitative estimate of drug-likeness (QED) is 0.639. The van der Waals surface area contributed by atoms with E-state index in [0.29, 0.717) is 18.0 Å². The highest BCUT2D eigenvalue weighted by molar-refractivity contribution is 7.89. The number of nitrogens with zero attached hydrogens (tertiary/aromatic N) is 1. The molecule has 0 bridgehead atoms. The topological polar surface area (TPSA) is 95.6 Å². The molecule has 0 saturated heterocycles. The molecule has 0 fully saturated rings. The molecule has 7 nitrogen and oxygen atoms in total. The fourth-order valence-corrected chi connectivity index (χ4v) is 5.33. The molecule has 1 aliphatic rings. The third-order valence-electron chi connectivity index (χ3n) is 5.50. The summed E-state index contributed by atoms with van der Waals surface area (Å²) in [5.41, 5.74) is 2.29. The molecule has 0 aliphatic carbocycles. The fourth-order valence-electron chi connectivity index (χ4n) is 3.73. The SMILES string of the molecule is CC(=O)N1CCCc2cc(S(=O)(=O)N[C@H](C(=O)NCc3ccccc3Cl)C(C)C)ccc21. The minimum Gasteiger partial charge on any atom is -0.351 e. The Kier molecular flexibility index (Phi) is 7.59. The van der Waals surface area contributed by atoms with Crippen molar-refractivity contribution in [3.63, 3.8) is 0 Å². The Bertz CT molecular complexity index is 1120. The molecule has 1 heterocycles. The number of fused-ring (bicyclic) bond motifs is 1. The second kappa shape index (κ2) is 10.0. The minimum absolute atomic E-state index is 0.0743. The number of halogens is 1. The number of hydrogen-bond donors (Lipinski definition) is 2. The predicted octanol–water partition coefficient (Wildman–Crippen LogP) is 3.26. The Balaban J connectivity index is 1.77. The van der Waals surface area contributed by atoms with Crippen LogP contribution < -0.4 is 14.9 Å². The number of carbonyl (C=O) groups excluding carboxylic acids is 2. The molecule has 2 N–H and O–H groups in total. The van der Waals surface area contributed by atoms with Gasteiger partial charge in [0.1, 0.15) is 6.04 Å². The van der Waals surface area contributed by atoms with Gasteiger partial charge in [0.05, 0.1) is 4.90 Å². The van der Waals surface area contributed by atoms with Gasteiger partial charge in [0, 0.05) is 30.7 Å². The summed E-state index contributed by atoms with van der Waals surface area (Å²) in [5.74, 6) is -0.777. The van der Waals surface area contributed by atoms with E-state index in [0.717, 1.165) is 23.2 Å². The summed E-state index contributed by atoms with van der Waals surface area (Å²) in [6.45, 7) is 5.87. The van der Waals surface area contributed by atoms with Crippen LogP contribution in [-0.2, 0) is 32.6 Å². The Hall–Kier alpha value is -2.42. The average Bonchev–Trinajstić information content (AvgIpc) is 2.75. The van der Waals surface area contributed by atoms with Crippen LogP contribution in [0.15, 0.2) is 47.4 Å². The Morgan fingerprint density at radius 3 is 2.53 bits per heavy atom. The lowest BCUT2D eigenvalue weighted by molar-refractivity contribution is -0.123. The van der Waals surface area contributed by atoms with Crippen LogP contribution in [0.25, 0.3) is 0 Å². The highest BCUT2D eigenvalue weighted by Gasteiger charge is 2.29. The van der Waals surface area contributed by atoms with Crippen LogP contribution in [-0.4, -0.2) is 32.8 Å². The van der Waals surface area contributed by atoms with E-state index in [9.17, 15) is 18.0 Å². The Morgan fingerprint density at radius 1 is 1.16 bits per heavy atom. The summed E-state index contributed by atoms with van der Waals surface area (Å²) < 4.78 is 28.7. The molecule has 0 unspecified atom stereocenters. The predicted molar refractivity (Wildman–Crippen MR) is 125 cm³/mol. The third kappa shape index (κ3) is 5.49. The maximum absolute atomic E-state index is 13.1. The summed E-state index contributed by atoms with van der Waals surface area (Å²) in [6.07, 6.45) is 1.46. The van der Waals surface area contributed by atoms with Gasteiger partial charge >= 0.3 is 0 Å². The molecule has 0 saturated carbocycles. The molecule has 2 amide bonds. The maximum atomic E-state index is 13.1. The average molecular weight is 478 g/mol. The van der Waals surface area contributed by atoms with Gasteiger partial charge in [-0.05, 0) is 54.2 Å². The summed E-state index contributed by atoms with van der Waals surface area (Å²) in [6, 6.07) is 10.9. The zero-order chi connectivity index (χ0) is 23.5. The van der Waals surface area contributed by atoms with E-state index in [-0.39, 0.29) is 23.3 Å². The van der Waals surface area contributed by atoms with Gasteiger partial charge in [-0.2, -0.15) is 4.72 Å². The molecule has 9 heteroatoms. The van der Waals surface area contributed by atoms with Crippen molar-refractivity contribution >= 4 is 39.1 Å². The lowest BCUT2D eigenvalue weighted by Gasteiger charge is -2.29. The van der Waals surface area contributed by atoms with Crippen LogP contribution in [0, 0.1) is 5.92 Å². The van der Waals surface area contributed by atoms with Crippen molar-refractivity contribution in [2.45, 2.75) is 51.1 Å². The van der Waals surface area contributed by atoms with E-state index < -0.39 is 22.0 Å². The van der Waals surface area contributed by atoms with Crippen molar-refractivity contribution in [2.75, 3.05) is 11.4 Å². The third-order valence-corrected chi connectivity index (χ3v) is 7.31. The van der Waals surface area contributed by atoms with Gasteiger partial charge in [0.15, 0.2) is 0 Å². The van der Waals surface area contributed by atoms with Crippen molar-refractivity contribution in [1.82, 2.24) is 10.0 Å². The molecule has 0 radical (unpaired) electrons. The molecule has 32 heavy (non-hydrogen) atoms. The van der Waals surface area contributed by atoms with Crippen molar-refractivity contribution in [1.29, 1.82) is 0 Å². The van der Waals surface area contributed by atoms with E-state index in [1.807, 2.05) is 6.07 Å². The van der Waals surface area contributed by atoms with Crippen LogP contribution in [0.1, 0.15) is 38.3 Å². The van der Waals surface area contributed by atoms with Gasteiger partial charge < -0.3 is 10.2 Å². The number of anilines is 1. The number of nitrogens with one attached hydrogen (secondary N) is 2. The van der Waals surface area contributed by atoms with Crippen LogP contribution >= 0.6 is 11.6 Å². The van der Waals surface area contributed by atoms with Crippen LogP contribution in [0.2, 0.25) is 5.02 Å². The summed E-state index contributed by atoms with van der Waals surface area (Å²) >= 11 is 6.14. The van der Waals surface area contributed by atoms with Crippen molar-refractivity contribution in [3.8, 4) is 0 Å². The lowest BCUT2D eigenvalue weighted by atomic mass is 10.0. The van der Waals surface area contributed by atoms with Crippen molar-refractivity contribution in [3.05, 3.63) is 58.6 Å². The van der Waals surface area contributed by atoms with Crippen LogP contribution in [0.5, 0.6) is 0 Å². The highest BCUT2D eigenvalue weighted by atomic mass is 35.5. The first-order chi connectivity index (χ1) is 15.1. The Labute approximate surface area is 194 Å². The second-order valence-electron chi connectivity index (χ2n) is 8.22. The van der Waals surface area contributed by atoms with Gasteiger partial charge in [-0.15, -0.1) is 0 Å². The van der Waals surface area contributed by atoms with Gasteiger partial charge in [-0.25, -0.2) is 8.42 Å². The van der Waals surface area contributed by atoms with Crippen LogP contribution in [0.3, 0.4) is 0 Å². The molecule has 0 spiro atoms. The number of carbonyl (C=O) groups is 2. The molecule has 0 aromatic heterocycles. The molecule has 2 aromatic rings. The zero-order valence-electron chi connectivity index (χ0n) is 18.4. The van der Waals surface area contributed by atoms with Crippen molar-refractivity contribution < 1.29 is 18.0 Å². The molecular formula is C23H28ClN3O4S. The van der Waals surface area contributed by atoms with Crippen molar-refractivity contribution in [2.24, 2.45) is 5.92 Å². The summed E-state index contributed by atoms with van der Waals surface area (Å²) in [5, 5.41) is 3.30. The van der Waals surface area contributed by atoms with E-state index in [4.69, 9.17) is 11.6 Å². The zero-order valence-corrected chi connectivity index (χ0v) is 20.0. The largest absolute Gasteiger partial charge is 0.351 e. The number of aryl methyl sites for hydroxylation is 1. The molecular weight excluding hydrogens is 450 g/mol. The minimum atomic E-state index is -3.95. The lowest BCUT2D eigenvalue weighted by Crippen LogP contribution is -2.49. The first-order valence-electron chi connectivity index (χ1n) is 10.5. The van der Waals surface area contributed by atoms with Gasteiger partial charge in [-0.1, -0.05) is 43.6 Å². The Morgan fingerprint density at radius 2 is 1.88 bits per heavy atom. The first-order valence-corrected chi connectivity index (χ1v) is 12.4. The van der Waals surface area contributed by atoms with Gasteiger partial charge in [0.2, 0.25) is 21.8 Å². The monoisotopic (exact) mass is 477 g/mol. The number of benzene rings is 2. The van der Waals surface area contributed by atoms with E-state index in [1.165, 1.54) is 13.0 Å². The molecule has 3 rings (SSSR count). The van der Waals surface area contributed by atoms with E-state index in [1.54, 1.807) is 49.1 Å². The molecule has 1 aliphatic heterocycles. The normalized spacial score (nSPS) is 14.7. The van der Waals surface area contributed by atoms with Gasteiger partial charge in [-0.3, -0.25) is 9.59 Å². The smallest absolute Gasteiger partial charge is 0.241 e. The maximum Gasteiger partial charge on any atom is 0.241 e. The number of sulfonamides is 1. The standard InChI is InChI=1S/C23H28ClN3O4S/c1-15(2)22(23(29)25-14-18-7-4-5-9-20(18)24)26-32(30,31)19-10-11-21-17(13-19)8-6-12-27(21)16(3)28/h4-5,7,9-11,13,15,22,26H,6,8,12,14H2,1-3H3,(H,25,29)/t22-/m0/s1. The number of hydrogen-bond acceptors (Lipinski definition) is 4. The van der Waals surface area contributed by atoms with E-state index >= 15 is 0 Å². The molecule has 1 atom stereocenters. The number of amides is 2. The van der Waals surface area contributed by atoms with Gasteiger partial charge in [0.25, 0.3) is 0 Å². The molecule has 2 aromatic carbocycles.